The molecule has 5 heteroatoms. The minimum atomic E-state index is -0.0730. The summed E-state index contributed by atoms with van der Waals surface area (Å²) in [5.41, 5.74) is 1.53. The fourth-order valence-corrected chi connectivity index (χ4v) is 1.70. The highest BCUT2D eigenvalue weighted by atomic mass is 16.3. The molecule has 2 rings (SSSR count). The summed E-state index contributed by atoms with van der Waals surface area (Å²) in [5.74, 6) is 0.149. The van der Waals surface area contributed by atoms with Crippen molar-refractivity contribution in [3.8, 4) is 5.75 Å². The number of carbonyl (C=O) groups excluding carboxylic acids is 1. The van der Waals surface area contributed by atoms with Gasteiger partial charge < -0.3 is 10.0 Å². The van der Waals surface area contributed by atoms with Crippen molar-refractivity contribution in [2.24, 2.45) is 7.05 Å². The summed E-state index contributed by atoms with van der Waals surface area (Å²) in [6, 6.07) is 6.81. The van der Waals surface area contributed by atoms with Crippen LogP contribution in [-0.4, -0.2) is 32.7 Å². The van der Waals surface area contributed by atoms with E-state index in [4.69, 9.17) is 0 Å². The van der Waals surface area contributed by atoms with Gasteiger partial charge in [-0.15, -0.1) is 0 Å². The highest BCUT2D eigenvalue weighted by molar-refractivity contribution is 5.93. The third kappa shape index (κ3) is 2.68. The summed E-state index contributed by atoms with van der Waals surface area (Å²) in [6.07, 6.45) is 3.24. The lowest BCUT2D eigenvalue weighted by Gasteiger charge is -2.16. The molecule has 94 valence electrons. The Labute approximate surface area is 105 Å². The van der Waals surface area contributed by atoms with E-state index in [1.54, 1.807) is 60.3 Å². The fraction of sp³-hybridized carbons (Fsp3) is 0.231. The summed E-state index contributed by atoms with van der Waals surface area (Å²) in [7, 11) is 3.51. The van der Waals surface area contributed by atoms with Crippen molar-refractivity contribution in [2.75, 3.05) is 7.05 Å². The number of aromatic hydroxyl groups is 1. The molecule has 5 nitrogen and oxygen atoms in total. The van der Waals surface area contributed by atoms with Crippen LogP contribution in [-0.2, 0) is 13.6 Å². The summed E-state index contributed by atoms with van der Waals surface area (Å²) in [6.45, 7) is 0.494. The maximum absolute atomic E-state index is 12.1. The number of phenols is 1. The highest BCUT2D eigenvalue weighted by Crippen LogP contribution is 2.12. The van der Waals surface area contributed by atoms with E-state index >= 15 is 0 Å². The molecule has 2 aromatic rings. The van der Waals surface area contributed by atoms with Gasteiger partial charge in [-0.25, -0.2) is 0 Å². The van der Waals surface area contributed by atoms with Crippen molar-refractivity contribution in [2.45, 2.75) is 6.54 Å². The van der Waals surface area contributed by atoms with E-state index in [0.717, 1.165) is 5.56 Å². The van der Waals surface area contributed by atoms with E-state index < -0.39 is 0 Å². The van der Waals surface area contributed by atoms with E-state index in [1.807, 2.05) is 0 Å². The van der Waals surface area contributed by atoms with Crippen LogP contribution in [0.25, 0.3) is 0 Å². The number of rotatable bonds is 3. The summed E-state index contributed by atoms with van der Waals surface area (Å²) in [5, 5.41) is 13.2. The van der Waals surface area contributed by atoms with Crippen molar-refractivity contribution in [1.29, 1.82) is 0 Å². The maximum Gasteiger partial charge on any atom is 0.257 e. The zero-order valence-corrected chi connectivity index (χ0v) is 10.4. The number of aryl methyl sites for hydroxylation is 1. The van der Waals surface area contributed by atoms with Crippen molar-refractivity contribution < 1.29 is 9.90 Å². The van der Waals surface area contributed by atoms with Crippen LogP contribution in [0.1, 0.15) is 15.9 Å². The maximum atomic E-state index is 12.1. The Morgan fingerprint density at radius 2 is 2.06 bits per heavy atom. The van der Waals surface area contributed by atoms with Crippen LogP contribution >= 0.6 is 0 Å². The van der Waals surface area contributed by atoms with E-state index in [1.165, 1.54) is 0 Å². The molecule has 1 amide bonds. The van der Waals surface area contributed by atoms with Gasteiger partial charge in [0.2, 0.25) is 0 Å². The lowest BCUT2D eigenvalue weighted by atomic mass is 10.2. The largest absolute Gasteiger partial charge is 0.508 e. The van der Waals surface area contributed by atoms with Gasteiger partial charge in [-0.05, 0) is 17.7 Å². The molecule has 0 aliphatic rings. The van der Waals surface area contributed by atoms with Crippen LogP contribution < -0.4 is 0 Å². The van der Waals surface area contributed by atoms with Gasteiger partial charge in [0.1, 0.15) is 5.75 Å². The summed E-state index contributed by atoms with van der Waals surface area (Å²) < 4.78 is 1.60. The molecular weight excluding hydrogens is 230 g/mol. The Morgan fingerprint density at radius 1 is 1.39 bits per heavy atom. The molecule has 0 unspecified atom stereocenters. The second kappa shape index (κ2) is 4.91. The predicted molar refractivity (Wildman–Crippen MR) is 67.1 cm³/mol. The molecule has 1 heterocycles. The van der Waals surface area contributed by atoms with E-state index in [9.17, 15) is 9.90 Å². The van der Waals surface area contributed by atoms with E-state index in [2.05, 4.69) is 5.10 Å². The first-order valence-electron chi connectivity index (χ1n) is 5.58. The van der Waals surface area contributed by atoms with Crippen LogP contribution in [0, 0.1) is 0 Å². The smallest absolute Gasteiger partial charge is 0.257 e. The van der Waals surface area contributed by atoms with Gasteiger partial charge in [0.25, 0.3) is 5.91 Å². The molecule has 0 atom stereocenters. The van der Waals surface area contributed by atoms with Gasteiger partial charge in [0, 0.05) is 26.8 Å². The van der Waals surface area contributed by atoms with Crippen molar-refractivity contribution in [3.05, 3.63) is 47.8 Å². The lowest BCUT2D eigenvalue weighted by Crippen LogP contribution is -2.25. The number of amides is 1. The summed E-state index contributed by atoms with van der Waals surface area (Å²) in [4.78, 5) is 13.7. The van der Waals surface area contributed by atoms with E-state index in [0.29, 0.717) is 12.1 Å². The number of hydrogen-bond donors (Lipinski definition) is 1. The monoisotopic (exact) mass is 245 g/mol. The van der Waals surface area contributed by atoms with Crippen LogP contribution in [0.15, 0.2) is 36.7 Å². The van der Waals surface area contributed by atoms with Crippen molar-refractivity contribution in [3.63, 3.8) is 0 Å². The van der Waals surface area contributed by atoms with E-state index in [-0.39, 0.29) is 11.7 Å². The van der Waals surface area contributed by atoms with Crippen LogP contribution in [0.3, 0.4) is 0 Å². The zero-order chi connectivity index (χ0) is 13.1. The number of hydrogen-bond acceptors (Lipinski definition) is 3. The fourth-order valence-electron chi connectivity index (χ4n) is 1.70. The Balaban J connectivity index is 2.05. The lowest BCUT2D eigenvalue weighted by molar-refractivity contribution is 0.0785. The average molecular weight is 245 g/mol. The first-order chi connectivity index (χ1) is 8.56. The first-order valence-corrected chi connectivity index (χ1v) is 5.58. The third-order valence-electron chi connectivity index (χ3n) is 2.65. The van der Waals surface area contributed by atoms with Gasteiger partial charge in [0.15, 0.2) is 0 Å². The molecule has 18 heavy (non-hydrogen) atoms. The molecular formula is C13H15N3O2. The molecule has 0 radical (unpaired) electrons. The molecule has 0 bridgehead atoms. The topological polar surface area (TPSA) is 58.4 Å². The minimum Gasteiger partial charge on any atom is -0.508 e. The van der Waals surface area contributed by atoms with Gasteiger partial charge in [-0.1, -0.05) is 12.1 Å². The Hall–Kier alpha value is -2.30. The van der Waals surface area contributed by atoms with Crippen LogP contribution in [0.2, 0.25) is 0 Å². The second-order valence-electron chi connectivity index (χ2n) is 4.23. The van der Waals surface area contributed by atoms with Gasteiger partial charge in [-0.2, -0.15) is 5.10 Å². The van der Waals surface area contributed by atoms with Crippen molar-refractivity contribution >= 4 is 5.91 Å². The molecule has 1 N–H and O–H groups in total. The van der Waals surface area contributed by atoms with Crippen LogP contribution in [0.4, 0.5) is 0 Å². The second-order valence-corrected chi connectivity index (χ2v) is 4.23. The van der Waals surface area contributed by atoms with Crippen molar-refractivity contribution in [1.82, 2.24) is 14.7 Å². The molecule has 0 saturated heterocycles. The molecule has 0 spiro atoms. The number of phenolic OH excluding ortho intramolecular Hbond substituents is 1. The standard InChI is InChI=1S/C13H15N3O2/c1-15(8-10-3-5-12(17)6-4-10)13(18)11-7-14-16(2)9-11/h3-7,9,17H,8H2,1-2H3. The zero-order valence-electron chi connectivity index (χ0n) is 10.4. The normalized spacial score (nSPS) is 10.3. The minimum absolute atomic E-state index is 0.0730. The molecule has 0 fully saturated rings. The number of benzene rings is 1. The number of nitrogens with zero attached hydrogens (tertiary/aromatic N) is 3. The number of aromatic nitrogens is 2. The quantitative estimate of drug-likeness (QED) is 0.889. The Kier molecular flexibility index (Phi) is 3.32. The Bertz CT molecular complexity index is 546. The SMILES string of the molecule is CN(Cc1ccc(O)cc1)C(=O)c1cnn(C)c1. The molecule has 1 aromatic carbocycles. The third-order valence-corrected chi connectivity index (χ3v) is 2.65. The average Bonchev–Trinajstić information content (AvgIpc) is 2.78. The molecule has 1 aromatic heterocycles. The molecule has 0 saturated carbocycles. The number of carbonyl (C=O) groups is 1. The molecule has 0 aliphatic carbocycles. The Morgan fingerprint density at radius 3 is 2.61 bits per heavy atom. The highest BCUT2D eigenvalue weighted by Gasteiger charge is 2.13. The van der Waals surface area contributed by atoms with Gasteiger partial charge in [-0.3, -0.25) is 9.48 Å². The van der Waals surface area contributed by atoms with Gasteiger partial charge >= 0.3 is 0 Å². The van der Waals surface area contributed by atoms with Gasteiger partial charge in [0.05, 0.1) is 11.8 Å². The molecule has 0 aliphatic heterocycles. The first kappa shape index (κ1) is 12.2. The predicted octanol–water partition coefficient (Wildman–Crippen LogP) is 1.40. The van der Waals surface area contributed by atoms with Crippen LogP contribution in [0.5, 0.6) is 5.75 Å². The summed E-state index contributed by atoms with van der Waals surface area (Å²) >= 11 is 0.